The van der Waals surface area contributed by atoms with E-state index in [1.165, 1.54) is 6.07 Å². The second-order valence-electron chi connectivity index (χ2n) is 3.70. The van der Waals surface area contributed by atoms with Crippen LogP contribution in [-0.4, -0.2) is 4.98 Å². The normalized spacial score (nSPS) is 10.4. The van der Waals surface area contributed by atoms with Crippen LogP contribution in [0.4, 0.5) is 10.1 Å². The lowest BCUT2D eigenvalue weighted by molar-refractivity contribution is 0.619. The van der Waals surface area contributed by atoms with E-state index in [1.54, 1.807) is 24.3 Å². The summed E-state index contributed by atoms with van der Waals surface area (Å²) in [6.07, 6.45) is 0. The molecule has 0 fully saturated rings. The molecule has 0 bridgehead atoms. The fourth-order valence-electron chi connectivity index (χ4n) is 1.36. The molecule has 0 amide bonds. The minimum atomic E-state index is -0.180. The van der Waals surface area contributed by atoms with E-state index >= 15 is 0 Å². The van der Waals surface area contributed by atoms with Gasteiger partial charge >= 0.3 is 0 Å². The zero-order valence-corrected chi connectivity index (χ0v) is 10.1. The Labute approximate surface area is 98.2 Å². The van der Waals surface area contributed by atoms with Gasteiger partial charge in [-0.1, -0.05) is 6.07 Å². The summed E-state index contributed by atoms with van der Waals surface area (Å²) < 4.78 is 13.3. The summed E-state index contributed by atoms with van der Waals surface area (Å²) in [6.45, 7) is 4.36. The van der Waals surface area contributed by atoms with Gasteiger partial charge in [-0.2, -0.15) is 0 Å². The number of aryl methyl sites for hydroxylation is 2. The smallest absolute Gasteiger partial charge is 0.128 e. The van der Waals surface area contributed by atoms with Gasteiger partial charge in [-0.3, -0.25) is 0 Å². The number of benzene rings is 1. The van der Waals surface area contributed by atoms with Crippen LogP contribution in [0, 0.1) is 19.7 Å². The van der Waals surface area contributed by atoms with Crippen LogP contribution in [0.2, 0.25) is 0 Å². The van der Waals surface area contributed by atoms with Gasteiger partial charge in [-0.05, 0) is 31.5 Å². The third kappa shape index (κ3) is 2.58. The van der Waals surface area contributed by atoms with Crippen molar-refractivity contribution in [1.29, 1.82) is 0 Å². The Bertz CT molecular complexity index is 494. The fraction of sp³-hybridized carbons (Fsp3) is 0.250. The molecule has 0 aliphatic rings. The summed E-state index contributed by atoms with van der Waals surface area (Å²) >= 11 is 1.61. The number of nitrogens with one attached hydrogen (secondary N) is 1. The Hall–Kier alpha value is -1.42. The SMILES string of the molecule is Cc1csc(CNc2ccc(C)c(F)c2)n1. The molecule has 4 heteroatoms. The highest BCUT2D eigenvalue weighted by molar-refractivity contribution is 7.09. The number of hydrogen-bond donors (Lipinski definition) is 1. The maximum Gasteiger partial charge on any atom is 0.128 e. The van der Waals surface area contributed by atoms with E-state index in [-0.39, 0.29) is 5.82 Å². The Kier molecular flexibility index (Phi) is 3.19. The van der Waals surface area contributed by atoms with Crippen molar-refractivity contribution in [3.8, 4) is 0 Å². The largest absolute Gasteiger partial charge is 0.378 e. The molecule has 0 saturated carbocycles. The first-order valence-electron chi connectivity index (χ1n) is 5.06. The summed E-state index contributed by atoms with van der Waals surface area (Å²) in [4.78, 5) is 4.33. The number of anilines is 1. The summed E-state index contributed by atoms with van der Waals surface area (Å²) in [6, 6.07) is 5.15. The average molecular weight is 236 g/mol. The van der Waals surface area contributed by atoms with Crippen molar-refractivity contribution in [1.82, 2.24) is 4.98 Å². The molecule has 0 unspecified atom stereocenters. The molecule has 1 aromatic heterocycles. The zero-order valence-electron chi connectivity index (χ0n) is 9.25. The van der Waals surface area contributed by atoms with Crippen molar-refractivity contribution in [2.24, 2.45) is 0 Å². The summed E-state index contributed by atoms with van der Waals surface area (Å²) in [7, 11) is 0. The Morgan fingerprint density at radius 1 is 1.38 bits per heavy atom. The second-order valence-corrected chi connectivity index (χ2v) is 4.64. The highest BCUT2D eigenvalue weighted by atomic mass is 32.1. The maximum atomic E-state index is 13.3. The predicted octanol–water partition coefficient (Wildman–Crippen LogP) is 3.51. The first kappa shape index (κ1) is 11.1. The Morgan fingerprint density at radius 3 is 2.81 bits per heavy atom. The van der Waals surface area contributed by atoms with E-state index in [0.717, 1.165) is 16.4 Å². The van der Waals surface area contributed by atoms with Crippen LogP contribution in [0.3, 0.4) is 0 Å². The van der Waals surface area contributed by atoms with Gasteiger partial charge < -0.3 is 5.32 Å². The monoisotopic (exact) mass is 236 g/mol. The first-order valence-corrected chi connectivity index (χ1v) is 5.94. The van der Waals surface area contributed by atoms with Crippen molar-refractivity contribution in [2.45, 2.75) is 20.4 Å². The summed E-state index contributed by atoms with van der Waals surface area (Å²) in [5.74, 6) is -0.180. The molecule has 0 radical (unpaired) electrons. The van der Waals surface area contributed by atoms with E-state index in [1.807, 2.05) is 18.4 Å². The lowest BCUT2D eigenvalue weighted by Gasteiger charge is -2.05. The van der Waals surface area contributed by atoms with E-state index in [9.17, 15) is 4.39 Å². The van der Waals surface area contributed by atoms with Gasteiger partial charge in [0, 0.05) is 16.8 Å². The molecule has 2 aromatic rings. The molecule has 2 rings (SSSR count). The molecule has 1 N–H and O–H groups in total. The topological polar surface area (TPSA) is 24.9 Å². The third-order valence-electron chi connectivity index (χ3n) is 2.28. The number of hydrogen-bond acceptors (Lipinski definition) is 3. The minimum absolute atomic E-state index is 0.180. The molecule has 2 nitrogen and oxygen atoms in total. The zero-order chi connectivity index (χ0) is 11.5. The van der Waals surface area contributed by atoms with Crippen molar-refractivity contribution in [2.75, 3.05) is 5.32 Å². The van der Waals surface area contributed by atoms with E-state index in [4.69, 9.17) is 0 Å². The van der Waals surface area contributed by atoms with Gasteiger partial charge in [-0.25, -0.2) is 9.37 Å². The van der Waals surface area contributed by atoms with Crippen molar-refractivity contribution in [3.05, 3.63) is 45.7 Å². The van der Waals surface area contributed by atoms with E-state index < -0.39 is 0 Å². The van der Waals surface area contributed by atoms with Crippen LogP contribution < -0.4 is 5.32 Å². The quantitative estimate of drug-likeness (QED) is 0.882. The summed E-state index contributed by atoms with van der Waals surface area (Å²) in [5, 5.41) is 6.17. The number of rotatable bonds is 3. The highest BCUT2D eigenvalue weighted by Crippen LogP contribution is 2.15. The van der Waals surface area contributed by atoms with Crippen molar-refractivity contribution < 1.29 is 4.39 Å². The molecular formula is C12H13FN2S. The number of aromatic nitrogens is 1. The number of nitrogens with zero attached hydrogens (tertiary/aromatic N) is 1. The molecule has 1 aromatic carbocycles. The minimum Gasteiger partial charge on any atom is -0.378 e. The molecule has 1 heterocycles. The van der Waals surface area contributed by atoms with Gasteiger partial charge in [0.05, 0.1) is 6.54 Å². The molecule has 0 aliphatic carbocycles. The molecule has 0 atom stereocenters. The van der Waals surface area contributed by atoms with Crippen LogP contribution in [0.25, 0.3) is 0 Å². The number of thiazole rings is 1. The molecule has 0 saturated heterocycles. The fourth-order valence-corrected chi connectivity index (χ4v) is 2.08. The molecule has 16 heavy (non-hydrogen) atoms. The standard InChI is InChI=1S/C12H13FN2S/c1-8-3-4-10(5-11(8)13)14-6-12-15-9(2)7-16-12/h3-5,7,14H,6H2,1-2H3. The average Bonchev–Trinajstić information content (AvgIpc) is 2.66. The first-order chi connectivity index (χ1) is 7.65. The molecule has 0 spiro atoms. The van der Waals surface area contributed by atoms with Crippen molar-refractivity contribution >= 4 is 17.0 Å². The second kappa shape index (κ2) is 4.61. The van der Waals surface area contributed by atoms with Crippen LogP contribution in [-0.2, 0) is 6.54 Å². The lowest BCUT2D eigenvalue weighted by atomic mass is 10.2. The van der Waals surface area contributed by atoms with Crippen LogP contribution in [0.15, 0.2) is 23.6 Å². The third-order valence-corrected chi connectivity index (χ3v) is 3.25. The van der Waals surface area contributed by atoms with Crippen LogP contribution >= 0.6 is 11.3 Å². The van der Waals surface area contributed by atoms with Gasteiger partial charge in [0.25, 0.3) is 0 Å². The highest BCUT2D eigenvalue weighted by Gasteiger charge is 2.01. The van der Waals surface area contributed by atoms with Crippen molar-refractivity contribution in [3.63, 3.8) is 0 Å². The molecular weight excluding hydrogens is 223 g/mol. The maximum absolute atomic E-state index is 13.3. The van der Waals surface area contributed by atoms with Gasteiger partial charge in [0.2, 0.25) is 0 Å². The van der Waals surface area contributed by atoms with Gasteiger partial charge in [0.15, 0.2) is 0 Å². The lowest BCUT2D eigenvalue weighted by Crippen LogP contribution is -1.99. The number of halogens is 1. The predicted molar refractivity (Wildman–Crippen MR) is 65.3 cm³/mol. The van der Waals surface area contributed by atoms with Crippen LogP contribution in [0.1, 0.15) is 16.3 Å². The molecule has 84 valence electrons. The summed E-state index contributed by atoms with van der Waals surface area (Å²) in [5.41, 5.74) is 2.48. The van der Waals surface area contributed by atoms with Gasteiger partial charge in [-0.15, -0.1) is 11.3 Å². The molecule has 0 aliphatic heterocycles. The Morgan fingerprint density at radius 2 is 2.19 bits per heavy atom. The van der Waals surface area contributed by atoms with E-state index in [0.29, 0.717) is 12.1 Å². The Balaban J connectivity index is 2.02. The van der Waals surface area contributed by atoms with Gasteiger partial charge in [0.1, 0.15) is 10.8 Å². The van der Waals surface area contributed by atoms with E-state index in [2.05, 4.69) is 10.3 Å². The van der Waals surface area contributed by atoms with Crippen LogP contribution in [0.5, 0.6) is 0 Å².